The smallest absolute Gasteiger partial charge is 0.412 e. The van der Waals surface area contributed by atoms with Crippen molar-refractivity contribution in [1.29, 1.82) is 0 Å². The van der Waals surface area contributed by atoms with Gasteiger partial charge >= 0.3 is 6.09 Å². The fraction of sp³-hybridized carbons (Fsp3) is 0.533. The molecule has 0 unspecified atom stereocenters. The predicted molar refractivity (Wildman–Crippen MR) is 79.2 cm³/mol. The fourth-order valence-electron chi connectivity index (χ4n) is 1.89. The van der Waals surface area contributed by atoms with Gasteiger partial charge in [-0.1, -0.05) is 11.6 Å². The van der Waals surface area contributed by atoms with E-state index in [0.717, 1.165) is 18.4 Å². The molecule has 0 aromatic heterocycles. The van der Waals surface area contributed by atoms with Crippen molar-refractivity contribution < 1.29 is 14.6 Å². The van der Waals surface area contributed by atoms with Crippen LogP contribution in [0, 0.1) is 0 Å². The van der Waals surface area contributed by atoms with Gasteiger partial charge in [-0.05, 0) is 57.4 Å². The van der Waals surface area contributed by atoms with Gasteiger partial charge in [-0.25, -0.2) is 4.79 Å². The minimum atomic E-state index is -0.617. The summed E-state index contributed by atoms with van der Waals surface area (Å²) in [4.78, 5) is 11.7. The Bertz CT molecular complexity index is 518. The van der Waals surface area contributed by atoms with Crippen molar-refractivity contribution in [3.05, 3.63) is 28.8 Å². The van der Waals surface area contributed by atoms with Gasteiger partial charge in [0, 0.05) is 17.1 Å². The van der Waals surface area contributed by atoms with Gasteiger partial charge in [0.05, 0.1) is 5.60 Å². The standard InChI is InChI=1S/C15H20ClNO3/c1-14(2,3)20-13(18)17-11-4-5-12(16)10(8-11)9-15(19)6-7-15/h4-5,8,19H,6-7,9H2,1-3H3,(H,17,18). The maximum Gasteiger partial charge on any atom is 0.412 e. The lowest BCUT2D eigenvalue weighted by molar-refractivity contribution is 0.0636. The zero-order chi connectivity index (χ0) is 15.0. The molecule has 5 heteroatoms. The van der Waals surface area contributed by atoms with Crippen molar-refractivity contribution in [3.8, 4) is 0 Å². The third-order valence-electron chi connectivity index (χ3n) is 3.04. The van der Waals surface area contributed by atoms with Gasteiger partial charge in [-0.2, -0.15) is 0 Å². The number of aliphatic hydroxyl groups is 1. The molecule has 1 aromatic carbocycles. The molecular formula is C15H20ClNO3. The van der Waals surface area contributed by atoms with Gasteiger partial charge < -0.3 is 9.84 Å². The highest BCUT2D eigenvalue weighted by Gasteiger charge is 2.40. The molecule has 0 aliphatic heterocycles. The second-order valence-corrected chi connectivity index (χ2v) is 6.74. The Kier molecular flexibility index (Phi) is 3.98. The van der Waals surface area contributed by atoms with Crippen molar-refractivity contribution in [1.82, 2.24) is 0 Å². The summed E-state index contributed by atoms with van der Waals surface area (Å²) in [7, 11) is 0. The highest BCUT2D eigenvalue weighted by molar-refractivity contribution is 6.31. The van der Waals surface area contributed by atoms with Crippen molar-refractivity contribution in [2.75, 3.05) is 5.32 Å². The Morgan fingerprint density at radius 1 is 1.45 bits per heavy atom. The lowest BCUT2D eigenvalue weighted by Crippen LogP contribution is -2.27. The topological polar surface area (TPSA) is 58.6 Å². The van der Waals surface area contributed by atoms with Crippen molar-refractivity contribution >= 4 is 23.4 Å². The molecule has 0 saturated heterocycles. The number of carbonyl (C=O) groups is 1. The molecule has 1 amide bonds. The van der Waals surface area contributed by atoms with E-state index in [9.17, 15) is 9.90 Å². The number of anilines is 1. The minimum Gasteiger partial charge on any atom is -0.444 e. The van der Waals surface area contributed by atoms with Gasteiger partial charge in [0.2, 0.25) is 0 Å². The maximum atomic E-state index is 11.7. The third kappa shape index (κ3) is 4.39. The van der Waals surface area contributed by atoms with E-state index >= 15 is 0 Å². The van der Waals surface area contributed by atoms with Gasteiger partial charge in [0.15, 0.2) is 0 Å². The van der Waals surface area contributed by atoms with E-state index < -0.39 is 17.3 Å². The van der Waals surface area contributed by atoms with Crippen LogP contribution in [0.25, 0.3) is 0 Å². The Hall–Kier alpha value is -1.26. The zero-order valence-electron chi connectivity index (χ0n) is 12.0. The SMILES string of the molecule is CC(C)(C)OC(=O)Nc1ccc(Cl)c(CC2(O)CC2)c1. The van der Waals surface area contributed by atoms with Crippen molar-refractivity contribution in [2.24, 2.45) is 0 Å². The molecular weight excluding hydrogens is 278 g/mol. The summed E-state index contributed by atoms with van der Waals surface area (Å²) in [6.45, 7) is 5.42. The minimum absolute atomic E-state index is 0.504. The normalized spacial score (nSPS) is 16.6. The van der Waals surface area contributed by atoms with Crippen LogP contribution < -0.4 is 5.32 Å². The first-order valence-corrected chi connectivity index (χ1v) is 7.06. The number of amides is 1. The number of benzene rings is 1. The molecule has 2 N–H and O–H groups in total. The molecule has 2 rings (SSSR count). The van der Waals surface area contributed by atoms with Crippen LogP contribution >= 0.6 is 11.6 Å². The van der Waals surface area contributed by atoms with Crippen LogP contribution in [0.1, 0.15) is 39.2 Å². The molecule has 1 aliphatic rings. The average Bonchev–Trinajstić information content (AvgIpc) is 2.98. The summed E-state index contributed by atoms with van der Waals surface area (Å²) in [6, 6.07) is 5.21. The van der Waals surface area contributed by atoms with E-state index in [2.05, 4.69) is 5.32 Å². The van der Waals surface area contributed by atoms with Crippen LogP contribution in [0.5, 0.6) is 0 Å². The molecule has 4 nitrogen and oxygen atoms in total. The summed E-state index contributed by atoms with van der Waals surface area (Å²) in [6.07, 6.45) is 1.60. The van der Waals surface area contributed by atoms with Crippen LogP contribution in [0.2, 0.25) is 5.02 Å². The molecule has 1 aromatic rings. The Balaban J connectivity index is 2.05. The quantitative estimate of drug-likeness (QED) is 0.893. The first kappa shape index (κ1) is 15.1. The molecule has 0 radical (unpaired) electrons. The van der Waals surface area contributed by atoms with Gasteiger partial charge in [0.1, 0.15) is 5.60 Å². The van der Waals surface area contributed by atoms with E-state index in [0.29, 0.717) is 17.1 Å². The van der Waals surface area contributed by atoms with Gasteiger partial charge in [-0.15, -0.1) is 0 Å². The molecule has 0 spiro atoms. The number of carbonyl (C=O) groups excluding carboxylic acids is 1. The lowest BCUT2D eigenvalue weighted by Gasteiger charge is -2.20. The van der Waals surface area contributed by atoms with Crippen molar-refractivity contribution in [2.45, 2.75) is 51.2 Å². The Morgan fingerprint density at radius 2 is 2.10 bits per heavy atom. The van der Waals surface area contributed by atoms with E-state index in [1.807, 2.05) is 20.8 Å². The van der Waals surface area contributed by atoms with Gasteiger partial charge in [-0.3, -0.25) is 5.32 Å². The highest BCUT2D eigenvalue weighted by atomic mass is 35.5. The van der Waals surface area contributed by atoms with Crippen LogP contribution in [-0.2, 0) is 11.2 Å². The summed E-state index contributed by atoms with van der Waals surface area (Å²) >= 11 is 6.12. The second-order valence-electron chi connectivity index (χ2n) is 6.33. The summed E-state index contributed by atoms with van der Waals surface area (Å²) < 4.78 is 5.19. The molecule has 0 atom stereocenters. The van der Waals surface area contributed by atoms with E-state index in [1.165, 1.54) is 0 Å². The first-order chi connectivity index (χ1) is 9.17. The molecule has 110 valence electrons. The highest BCUT2D eigenvalue weighted by Crippen LogP contribution is 2.40. The largest absolute Gasteiger partial charge is 0.444 e. The second kappa shape index (κ2) is 5.26. The molecule has 1 fully saturated rings. The molecule has 1 aliphatic carbocycles. The van der Waals surface area contributed by atoms with Crippen LogP contribution in [0.4, 0.5) is 10.5 Å². The number of hydrogen-bond acceptors (Lipinski definition) is 3. The third-order valence-corrected chi connectivity index (χ3v) is 3.41. The van der Waals surface area contributed by atoms with Crippen LogP contribution in [0.3, 0.4) is 0 Å². The number of halogens is 1. The van der Waals surface area contributed by atoms with Gasteiger partial charge in [0.25, 0.3) is 0 Å². The Morgan fingerprint density at radius 3 is 2.65 bits per heavy atom. The first-order valence-electron chi connectivity index (χ1n) is 6.68. The Labute approximate surface area is 124 Å². The van der Waals surface area contributed by atoms with E-state index in [1.54, 1.807) is 18.2 Å². The summed E-state index contributed by atoms with van der Waals surface area (Å²) in [5, 5.41) is 13.2. The number of nitrogens with one attached hydrogen (secondary N) is 1. The van der Waals surface area contributed by atoms with Crippen LogP contribution in [-0.4, -0.2) is 22.4 Å². The summed E-state index contributed by atoms with van der Waals surface area (Å²) in [5.41, 5.74) is 0.291. The fourth-order valence-corrected chi connectivity index (χ4v) is 2.07. The molecule has 0 heterocycles. The van der Waals surface area contributed by atoms with Crippen molar-refractivity contribution in [3.63, 3.8) is 0 Å². The molecule has 20 heavy (non-hydrogen) atoms. The zero-order valence-corrected chi connectivity index (χ0v) is 12.8. The summed E-state index contributed by atoms with van der Waals surface area (Å²) in [5.74, 6) is 0. The predicted octanol–water partition coefficient (Wildman–Crippen LogP) is 3.75. The maximum absolute atomic E-state index is 11.7. The number of rotatable bonds is 3. The number of hydrogen-bond donors (Lipinski definition) is 2. The number of ether oxygens (including phenoxy) is 1. The van der Waals surface area contributed by atoms with E-state index in [4.69, 9.17) is 16.3 Å². The lowest BCUT2D eigenvalue weighted by atomic mass is 10.1. The monoisotopic (exact) mass is 297 g/mol. The van der Waals surface area contributed by atoms with E-state index in [-0.39, 0.29) is 0 Å². The molecule has 1 saturated carbocycles. The van der Waals surface area contributed by atoms with Crippen LogP contribution in [0.15, 0.2) is 18.2 Å². The molecule has 0 bridgehead atoms. The average molecular weight is 298 g/mol.